The molecule has 0 saturated carbocycles. The molecule has 10 nitrogen and oxygen atoms in total. The lowest BCUT2D eigenvalue weighted by molar-refractivity contribution is -0.385. The molecule has 0 spiro atoms. The number of esters is 1. The first-order valence-corrected chi connectivity index (χ1v) is 11.0. The molecule has 0 bridgehead atoms. The first-order chi connectivity index (χ1) is 16.3. The number of amides is 1. The minimum Gasteiger partial charge on any atom is -0.461 e. The molecule has 2 aromatic heterocycles. The van der Waals surface area contributed by atoms with Gasteiger partial charge in [0.15, 0.2) is 5.69 Å². The molecule has 34 heavy (non-hydrogen) atoms. The van der Waals surface area contributed by atoms with Crippen molar-refractivity contribution in [1.82, 2.24) is 9.78 Å². The zero-order chi connectivity index (χ0) is 24.4. The zero-order valence-electron chi connectivity index (χ0n) is 18.1. The van der Waals surface area contributed by atoms with E-state index in [-0.39, 0.29) is 44.9 Å². The lowest BCUT2D eigenvalue weighted by Gasteiger charge is -2.10. The Hall–Kier alpha value is -4.38. The average molecular weight is 478 g/mol. The van der Waals surface area contributed by atoms with Gasteiger partial charge in [-0.15, -0.1) is 11.3 Å². The SMILES string of the molecule is CCOC(=O)c1nn(-c2ccccc2)c(=O)c2c(NC(=O)c3cccc([N+](=O)[O-])c3C)scc12. The maximum Gasteiger partial charge on any atom is 0.359 e. The maximum atomic E-state index is 13.4. The van der Waals surface area contributed by atoms with Crippen LogP contribution in [0.4, 0.5) is 10.7 Å². The maximum absolute atomic E-state index is 13.4. The zero-order valence-corrected chi connectivity index (χ0v) is 18.9. The highest BCUT2D eigenvalue weighted by Crippen LogP contribution is 2.31. The lowest BCUT2D eigenvalue weighted by Crippen LogP contribution is -2.25. The van der Waals surface area contributed by atoms with Gasteiger partial charge in [0.2, 0.25) is 0 Å². The minimum atomic E-state index is -0.706. The summed E-state index contributed by atoms with van der Waals surface area (Å²) in [5, 5.41) is 20.2. The number of anilines is 1. The highest BCUT2D eigenvalue weighted by atomic mass is 32.1. The number of nitro groups is 1. The summed E-state index contributed by atoms with van der Waals surface area (Å²) in [4.78, 5) is 49.7. The first-order valence-electron chi connectivity index (χ1n) is 10.2. The van der Waals surface area contributed by atoms with Crippen LogP contribution in [-0.2, 0) is 4.74 Å². The predicted octanol–water partition coefficient (Wildman–Crippen LogP) is 4.09. The molecule has 11 heteroatoms. The average Bonchev–Trinajstić information content (AvgIpc) is 3.24. The number of hydrogen-bond acceptors (Lipinski definition) is 8. The van der Waals surface area contributed by atoms with Gasteiger partial charge in [-0.1, -0.05) is 24.3 Å². The molecule has 0 aliphatic carbocycles. The fraction of sp³-hybridized carbons (Fsp3) is 0.130. The van der Waals surface area contributed by atoms with Crippen molar-refractivity contribution in [2.24, 2.45) is 0 Å². The number of nitrogens with one attached hydrogen (secondary N) is 1. The summed E-state index contributed by atoms with van der Waals surface area (Å²) in [5.41, 5.74) is -0.0766. The van der Waals surface area contributed by atoms with Crippen LogP contribution in [0.3, 0.4) is 0 Å². The topological polar surface area (TPSA) is 133 Å². The number of aromatic nitrogens is 2. The van der Waals surface area contributed by atoms with Crippen LogP contribution in [0, 0.1) is 17.0 Å². The Bertz CT molecular complexity index is 1490. The smallest absolute Gasteiger partial charge is 0.359 e. The summed E-state index contributed by atoms with van der Waals surface area (Å²) in [7, 11) is 0. The van der Waals surface area contributed by atoms with Crippen LogP contribution in [0.2, 0.25) is 0 Å². The van der Waals surface area contributed by atoms with E-state index in [1.165, 1.54) is 25.1 Å². The summed E-state index contributed by atoms with van der Waals surface area (Å²) in [6.45, 7) is 3.25. The van der Waals surface area contributed by atoms with Gasteiger partial charge in [0, 0.05) is 28.0 Å². The molecule has 4 aromatic rings. The molecule has 0 atom stereocenters. The number of rotatable bonds is 6. The largest absolute Gasteiger partial charge is 0.461 e. The van der Waals surface area contributed by atoms with E-state index in [4.69, 9.17) is 4.74 Å². The number of carbonyl (C=O) groups is 2. The number of nitrogens with zero attached hydrogens (tertiary/aromatic N) is 3. The Balaban J connectivity index is 1.87. The van der Waals surface area contributed by atoms with Crippen LogP contribution in [0.25, 0.3) is 16.5 Å². The molecule has 2 heterocycles. The van der Waals surface area contributed by atoms with Crippen molar-refractivity contribution in [2.45, 2.75) is 13.8 Å². The molecule has 0 aliphatic rings. The van der Waals surface area contributed by atoms with Crippen molar-refractivity contribution in [3.05, 3.63) is 91.2 Å². The third-order valence-corrected chi connectivity index (χ3v) is 5.99. The molecule has 0 aliphatic heterocycles. The van der Waals surface area contributed by atoms with Crippen LogP contribution in [0.15, 0.2) is 58.7 Å². The van der Waals surface area contributed by atoms with Gasteiger partial charge in [0.05, 0.1) is 22.6 Å². The third-order valence-electron chi connectivity index (χ3n) is 5.10. The molecule has 1 N–H and O–H groups in total. The monoisotopic (exact) mass is 478 g/mol. The van der Waals surface area contributed by atoms with Gasteiger partial charge in [0.1, 0.15) is 5.00 Å². The molecule has 2 aromatic carbocycles. The fourth-order valence-electron chi connectivity index (χ4n) is 3.47. The summed E-state index contributed by atoms with van der Waals surface area (Å²) in [5.74, 6) is -1.33. The molecule has 0 radical (unpaired) electrons. The number of fused-ring (bicyclic) bond motifs is 1. The Morgan fingerprint density at radius 2 is 1.91 bits per heavy atom. The molecule has 4 rings (SSSR count). The molecular weight excluding hydrogens is 460 g/mol. The summed E-state index contributed by atoms with van der Waals surface area (Å²) >= 11 is 1.04. The number of hydrogen-bond donors (Lipinski definition) is 1. The van der Waals surface area contributed by atoms with E-state index in [1.54, 1.807) is 42.6 Å². The van der Waals surface area contributed by atoms with E-state index >= 15 is 0 Å². The summed E-state index contributed by atoms with van der Waals surface area (Å²) < 4.78 is 6.19. The Labute approximate surface area is 196 Å². The number of carbonyl (C=O) groups excluding carboxylic acids is 2. The van der Waals surface area contributed by atoms with E-state index in [0.29, 0.717) is 5.69 Å². The first kappa shape index (κ1) is 22.8. The van der Waals surface area contributed by atoms with E-state index < -0.39 is 22.4 Å². The van der Waals surface area contributed by atoms with E-state index in [1.807, 2.05) is 0 Å². The van der Waals surface area contributed by atoms with Crippen molar-refractivity contribution in [2.75, 3.05) is 11.9 Å². The minimum absolute atomic E-state index is 0.0661. The second kappa shape index (κ2) is 9.24. The van der Waals surface area contributed by atoms with Gasteiger partial charge >= 0.3 is 5.97 Å². The van der Waals surface area contributed by atoms with Gasteiger partial charge < -0.3 is 10.1 Å². The molecule has 172 valence electrons. The van der Waals surface area contributed by atoms with Crippen molar-refractivity contribution >= 4 is 44.7 Å². The predicted molar refractivity (Wildman–Crippen MR) is 127 cm³/mol. The number of ether oxygens (including phenoxy) is 1. The third kappa shape index (κ3) is 4.04. The van der Waals surface area contributed by atoms with Gasteiger partial charge in [-0.05, 0) is 32.0 Å². The van der Waals surface area contributed by atoms with E-state index in [0.717, 1.165) is 16.0 Å². The summed E-state index contributed by atoms with van der Waals surface area (Å²) in [6.07, 6.45) is 0. The van der Waals surface area contributed by atoms with Crippen LogP contribution in [-0.4, -0.2) is 33.2 Å². The molecule has 1 amide bonds. The van der Waals surface area contributed by atoms with Crippen LogP contribution < -0.4 is 10.9 Å². The van der Waals surface area contributed by atoms with Gasteiger partial charge in [-0.25, -0.2) is 4.79 Å². The molecular formula is C23H18N4O6S. The number of benzene rings is 2. The Morgan fingerprint density at radius 1 is 1.18 bits per heavy atom. The normalized spacial score (nSPS) is 10.8. The van der Waals surface area contributed by atoms with Crippen molar-refractivity contribution in [1.29, 1.82) is 0 Å². The van der Waals surface area contributed by atoms with E-state index in [9.17, 15) is 24.5 Å². The fourth-order valence-corrected chi connectivity index (χ4v) is 4.41. The number of para-hydroxylation sites is 1. The van der Waals surface area contributed by atoms with Crippen molar-refractivity contribution < 1.29 is 19.2 Å². The lowest BCUT2D eigenvalue weighted by atomic mass is 10.1. The highest BCUT2D eigenvalue weighted by Gasteiger charge is 2.24. The summed E-state index contributed by atoms with van der Waals surface area (Å²) in [6, 6.07) is 12.7. The molecule has 0 saturated heterocycles. The van der Waals surface area contributed by atoms with Crippen LogP contribution >= 0.6 is 11.3 Å². The van der Waals surface area contributed by atoms with Crippen LogP contribution in [0.5, 0.6) is 0 Å². The van der Waals surface area contributed by atoms with Gasteiger partial charge in [0.25, 0.3) is 17.2 Å². The van der Waals surface area contributed by atoms with Gasteiger partial charge in [-0.3, -0.25) is 19.7 Å². The second-order valence-electron chi connectivity index (χ2n) is 7.14. The standard InChI is InChI=1S/C23H18N4O6S/c1-3-33-23(30)19-16-12-34-21(18(16)22(29)26(25-19)14-8-5-4-6-9-14)24-20(28)15-10-7-11-17(13(15)2)27(31)32/h4-12H,3H2,1-2H3,(H,24,28). The highest BCUT2D eigenvalue weighted by molar-refractivity contribution is 7.16. The number of thiophene rings is 1. The Kier molecular flexibility index (Phi) is 6.19. The van der Waals surface area contributed by atoms with Gasteiger partial charge in [-0.2, -0.15) is 9.78 Å². The van der Waals surface area contributed by atoms with Crippen molar-refractivity contribution in [3.63, 3.8) is 0 Å². The van der Waals surface area contributed by atoms with E-state index in [2.05, 4.69) is 10.4 Å². The second-order valence-corrected chi connectivity index (χ2v) is 8.02. The van der Waals surface area contributed by atoms with Crippen LogP contribution in [0.1, 0.15) is 33.3 Å². The number of nitro benzene ring substituents is 1. The van der Waals surface area contributed by atoms with Crippen molar-refractivity contribution in [3.8, 4) is 5.69 Å². The molecule has 0 fully saturated rings. The quantitative estimate of drug-likeness (QED) is 0.251. The molecule has 0 unspecified atom stereocenters. The Morgan fingerprint density at radius 3 is 2.59 bits per heavy atom.